The van der Waals surface area contributed by atoms with Crippen molar-refractivity contribution in [2.24, 2.45) is 11.8 Å². The number of imide groups is 1. The largest absolute Gasteiger partial charge is 0.278 e. The average molecular weight is 263 g/mol. The number of carbonyl (C=O) groups excluding carboxylic acids is 2. The molecular weight excluding hydrogens is 242 g/mol. The van der Waals surface area contributed by atoms with E-state index in [2.05, 4.69) is 32.3 Å². The molecule has 1 fully saturated rings. The fraction of sp³-hybridized carbons (Fsp3) is 0.571. The molecular formula is C14H21NO2Si. The van der Waals surface area contributed by atoms with Gasteiger partial charge in [-0.3, -0.25) is 14.5 Å². The number of hydrogen-bond donors (Lipinski definition) is 0. The second-order valence-corrected chi connectivity index (χ2v) is 11.4. The van der Waals surface area contributed by atoms with E-state index in [1.165, 1.54) is 10.1 Å². The molecule has 4 heteroatoms. The minimum atomic E-state index is -1.35. The Balaban J connectivity index is 2.23. The van der Waals surface area contributed by atoms with Crippen molar-refractivity contribution in [2.75, 3.05) is 6.54 Å². The van der Waals surface area contributed by atoms with Crippen LogP contribution in [0.25, 0.3) is 0 Å². The Morgan fingerprint density at radius 3 is 2.50 bits per heavy atom. The third-order valence-corrected chi connectivity index (χ3v) is 6.32. The summed E-state index contributed by atoms with van der Waals surface area (Å²) in [7, 11) is -1.35. The van der Waals surface area contributed by atoms with Gasteiger partial charge in [-0.05, 0) is 12.8 Å². The standard InChI is InChI=1S/C14H21NO2Si/c1-5-8-15-13(16)11-7-6-10(18(2,3)4)9-12(11)14(15)17/h5-6,11-12H,1,7-9H2,2-4H3. The van der Waals surface area contributed by atoms with Crippen LogP contribution in [0.3, 0.4) is 0 Å². The Bertz CT molecular complexity index is 434. The van der Waals surface area contributed by atoms with Crippen molar-refractivity contribution in [3.05, 3.63) is 23.9 Å². The fourth-order valence-electron chi connectivity index (χ4n) is 2.86. The molecule has 0 aromatic heterocycles. The SMILES string of the molecule is C=CCN1C(=O)C2CC=C([Si](C)(C)C)CC2C1=O. The van der Waals surface area contributed by atoms with Gasteiger partial charge in [-0.15, -0.1) is 6.58 Å². The number of likely N-dealkylation sites (tertiary alicyclic amines) is 1. The van der Waals surface area contributed by atoms with E-state index < -0.39 is 8.07 Å². The van der Waals surface area contributed by atoms with E-state index in [-0.39, 0.29) is 23.7 Å². The van der Waals surface area contributed by atoms with Gasteiger partial charge in [0.1, 0.15) is 0 Å². The number of allylic oxidation sites excluding steroid dienone is 2. The molecule has 0 saturated carbocycles. The molecule has 0 aromatic carbocycles. The summed E-state index contributed by atoms with van der Waals surface area (Å²) in [6.07, 6.45) is 5.37. The molecule has 0 aromatic rings. The van der Waals surface area contributed by atoms with E-state index >= 15 is 0 Å². The summed E-state index contributed by atoms with van der Waals surface area (Å²) in [5.74, 6) is -0.216. The van der Waals surface area contributed by atoms with Gasteiger partial charge in [0.25, 0.3) is 0 Å². The molecule has 18 heavy (non-hydrogen) atoms. The molecule has 98 valence electrons. The first kappa shape index (κ1) is 13.3. The van der Waals surface area contributed by atoms with Crippen LogP contribution in [0.2, 0.25) is 19.6 Å². The third-order valence-electron chi connectivity index (χ3n) is 3.99. The Labute approximate surface area is 110 Å². The molecule has 0 bridgehead atoms. The number of nitrogens with zero attached hydrogens (tertiary/aromatic N) is 1. The second-order valence-electron chi connectivity index (χ2n) is 6.21. The van der Waals surface area contributed by atoms with Gasteiger partial charge in [-0.25, -0.2) is 0 Å². The first-order valence-corrected chi connectivity index (χ1v) is 10.0. The maximum atomic E-state index is 12.3. The smallest absolute Gasteiger partial charge is 0.233 e. The number of hydrogen-bond acceptors (Lipinski definition) is 2. The van der Waals surface area contributed by atoms with Crippen molar-refractivity contribution in [2.45, 2.75) is 32.5 Å². The van der Waals surface area contributed by atoms with Gasteiger partial charge >= 0.3 is 0 Å². The fourth-order valence-corrected chi connectivity index (χ4v) is 4.42. The minimum Gasteiger partial charge on any atom is -0.278 e. The first-order valence-electron chi connectivity index (χ1n) is 6.52. The zero-order valence-corrected chi connectivity index (χ0v) is 12.4. The summed E-state index contributed by atoms with van der Waals surface area (Å²) >= 11 is 0. The van der Waals surface area contributed by atoms with Gasteiger partial charge in [0, 0.05) is 6.54 Å². The average Bonchev–Trinajstić information content (AvgIpc) is 2.53. The lowest BCUT2D eigenvalue weighted by molar-refractivity contribution is -0.139. The van der Waals surface area contributed by atoms with Crippen LogP contribution < -0.4 is 0 Å². The summed E-state index contributed by atoms with van der Waals surface area (Å²) in [6, 6.07) is 0. The molecule has 1 aliphatic carbocycles. The van der Waals surface area contributed by atoms with Crippen molar-refractivity contribution in [1.29, 1.82) is 0 Å². The van der Waals surface area contributed by atoms with E-state index in [1.807, 2.05) is 0 Å². The summed E-state index contributed by atoms with van der Waals surface area (Å²) in [4.78, 5) is 25.8. The van der Waals surface area contributed by atoms with E-state index in [9.17, 15) is 9.59 Å². The monoisotopic (exact) mass is 263 g/mol. The molecule has 0 radical (unpaired) electrons. The number of carbonyl (C=O) groups is 2. The topological polar surface area (TPSA) is 37.4 Å². The molecule has 1 heterocycles. The molecule has 2 unspecified atom stereocenters. The lowest BCUT2D eigenvalue weighted by Gasteiger charge is -2.29. The summed E-state index contributed by atoms with van der Waals surface area (Å²) < 4.78 is 0. The molecule has 2 atom stereocenters. The van der Waals surface area contributed by atoms with Crippen molar-refractivity contribution in [3.63, 3.8) is 0 Å². The van der Waals surface area contributed by atoms with Gasteiger partial charge in [0.05, 0.1) is 19.9 Å². The van der Waals surface area contributed by atoms with Crippen LogP contribution >= 0.6 is 0 Å². The minimum absolute atomic E-state index is 0.00391. The number of amides is 2. The van der Waals surface area contributed by atoms with Crippen molar-refractivity contribution < 1.29 is 9.59 Å². The molecule has 0 spiro atoms. The zero-order chi connectivity index (χ0) is 13.5. The normalized spacial score (nSPS) is 28.2. The van der Waals surface area contributed by atoms with Crippen molar-refractivity contribution >= 4 is 19.9 Å². The van der Waals surface area contributed by atoms with E-state index in [0.717, 1.165) is 12.8 Å². The van der Waals surface area contributed by atoms with Crippen molar-refractivity contribution in [3.8, 4) is 0 Å². The summed E-state index contributed by atoms with van der Waals surface area (Å²) in [6.45, 7) is 10.8. The molecule has 1 saturated heterocycles. The molecule has 2 aliphatic rings. The van der Waals surface area contributed by atoms with E-state index in [1.54, 1.807) is 6.08 Å². The Hall–Kier alpha value is -1.16. The Morgan fingerprint density at radius 2 is 1.94 bits per heavy atom. The maximum Gasteiger partial charge on any atom is 0.233 e. The van der Waals surface area contributed by atoms with Crippen LogP contribution in [0.5, 0.6) is 0 Å². The first-order chi connectivity index (χ1) is 8.36. The third kappa shape index (κ3) is 2.09. The molecule has 0 N–H and O–H groups in total. The molecule has 2 rings (SSSR count). The lowest BCUT2D eigenvalue weighted by Crippen LogP contribution is -2.32. The van der Waals surface area contributed by atoms with Gasteiger partial charge in [-0.1, -0.05) is 37.0 Å². The predicted octanol–water partition coefficient (Wildman–Crippen LogP) is 2.37. The number of rotatable bonds is 3. The zero-order valence-electron chi connectivity index (χ0n) is 11.4. The second kappa shape index (κ2) is 4.50. The highest BCUT2D eigenvalue weighted by Crippen LogP contribution is 2.40. The highest BCUT2D eigenvalue weighted by atomic mass is 28.3. The van der Waals surface area contributed by atoms with Gasteiger partial charge < -0.3 is 0 Å². The Morgan fingerprint density at radius 1 is 1.33 bits per heavy atom. The quantitative estimate of drug-likeness (QED) is 0.445. The van der Waals surface area contributed by atoms with Crippen molar-refractivity contribution in [1.82, 2.24) is 4.90 Å². The molecule has 1 aliphatic heterocycles. The molecule has 3 nitrogen and oxygen atoms in total. The van der Waals surface area contributed by atoms with Gasteiger partial charge in [-0.2, -0.15) is 0 Å². The van der Waals surface area contributed by atoms with Crippen LogP contribution in [0.1, 0.15) is 12.8 Å². The molecule has 2 amide bonds. The highest BCUT2D eigenvalue weighted by Gasteiger charge is 2.48. The van der Waals surface area contributed by atoms with Crippen LogP contribution in [-0.4, -0.2) is 31.3 Å². The Kier molecular flexibility index (Phi) is 3.32. The van der Waals surface area contributed by atoms with Crippen LogP contribution in [-0.2, 0) is 9.59 Å². The number of fused-ring (bicyclic) bond motifs is 1. The van der Waals surface area contributed by atoms with Crippen LogP contribution in [0.4, 0.5) is 0 Å². The maximum absolute atomic E-state index is 12.3. The van der Waals surface area contributed by atoms with Crippen LogP contribution in [0, 0.1) is 11.8 Å². The summed E-state index contributed by atoms with van der Waals surface area (Å²) in [5, 5.41) is 1.44. The summed E-state index contributed by atoms with van der Waals surface area (Å²) in [5.41, 5.74) is 0. The highest BCUT2D eigenvalue weighted by molar-refractivity contribution is 6.83. The predicted molar refractivity (Wildman–Crippen MR) is 74.6 cm³/mol. The van der Waals surface area contributed by atoms with E-state index in [4.69, 9.17) is 0 Å². The van der Waals surface area contributed by atoms with E-state index in [0.29, 0.717) is 6.54 Å². The van der Waals surface area contributed by atoms with Gasteiger partial charge in [0.2, 0.25) is 11.8 Å². The van der Waals surface area contributed by atoms with Gasteiger partial charge in [0.15, 0.2) is 0 Å². The lowest BCUT2D eigenvalue weighted by atomic mass is 9.85. The van der Waals surface area contributed by atoms with Crippen LogP contribution in [0.15, 0.2) is 23.9 Å².